The largest absolute Gasteiger partial charge is 0.310 e. The average Bonchev–Trinajstić information content (AvgIpc) is 3.14. The molecular weight excluding hydrogens is 598 g/mol. The van der Waals surface area contributed by atoms with Crippen LogP contribution in [0.25, 0.3) is 32.3 Å². The van der Waals surface area contributed by atoms with Crippen molar-refractivity contribution in [1.82, 2.24) is 0 Å². The molecule has 0 fully saturated rings. The molecule has 0 unspecified atom stereocenters. The maximum absolute atomic E-state index is 14.1. The SMILES string of the molecule is N#Cc1ccc(N(c2ccc(F)cc2)c2ccc3ccc4c(N(c5ccc(F)cc5)c5ccc(C#N)cc5)ccc5ccc2c3c54)cc1. The van der Waals surface area contributed by atoms with Crippen molar-refractivity contribution in [3.05, 3.63) is 168 Å². The van der Waals surface area contributed by atoms with Gasteiger partial charge in [0.25, 0.3) is 0 Å². The monoisotopic (exact) mass is 622 g/mol. The molecule has 0 aliphatic carbocycles. The van der Waals surface area contributed by atoms with Gasteiger partial charge in [-0.15, -0.1) is 0 Å². The third-order valence-corrected chi connectivity index (χ3v) is 8.78. The van der Waals surface area contributed by atoms with E-state index in [1.54, 1.807) is 48.5 Å². The van der Waals surface area contributed by atoms with Crippen molar-refractivity contribution in [3.8, 4) is 12.1 Å². The van der Waals surface area contributed by atoms with Gasteiger partial charge in [0.2, 0.25) is 0 Å². The number of nitriles is 2. The van der Waals surface area contributed by atoms with Gasteiger partial charge >= 0.3 is 0 Å². The van der Waals surface area contributed by atoms with Gasteiger partial charge in [0, 0.05) is 33.5 Å². The predicted molar refractivity (Wildman–Crippen MR) is 189 cm³/mol. The van der Waals surface area contributed by atoms with E-state index in [4.69, 9.17) is 0 Å². The Kier molecular flexibility index (Phi) is 6.91. The summed E-state index contributed by atoms with van der Waals surface area (Å²) in [6.45, 7) is 0. The van der Waals surface area contributed by atoms with Crippen LogP contribution in [-0.4, -0.2) is 0 Å². The number of halogens is 2. The Hall–Kier alpha value is -6.76. The van der Waals surface area contributed by atoms with Gasteiger partial charge in [-0.3, -0.25) is 0 Å². The summed E-state index contributed by atoms with van der Waals surface area (Å²) in [6.07, 6.45) is 0. The van der Waals surface area contributed by atoms with Crippen LogP contribution in [0.15, 0.2) is 146 Å². The summed E-state index contributed by atoms with van der Waals surface area (Å²) in [4.78, 5) is 4.16. The Balaban J connectivity index is 1.39. The Morgan fingerprint density at radius 1 is 0.375 bits per heavy atom. The molecule has 0 spiro atoms. The van der Waals surface area contributed by atoms with E-state index in [0.29, 0.717) is 11.1 Å². The van der Waals surface area contributed by atoms with Gasteiger partial charge in [-0.05, 0) is 131 Å². The van der Waals surface area contributed by atoms with E-state index < -0.39 is 0 Å². The molecule has 0 atom stereocenters. The first-order chi connectivity index (χ1) is 23.5. The first-order valence-corrected chi connectivity index (χ1v) is 15.3. The van der Waals surface area contributed by atoms with Crippen molar-refractivity contribution in [2.45, 2.75) is 0 Å². The van der Waals surface area contributed by atoms with Gasteiger partial charge in [-0.2, -0.15) is 10.5 Å². The van der Waals surface area contributed by atoms with Crippen LogP contribution in [0.5, 0.6) is 0 Å². The van der Waals surface area contributed by atoms with Crippen molar-refractivity contribution < 1.29 is 8.78 Å². The molecule has 226 valence electrons. The fraction of sp³-hybridized carbons (Fsp3) is 0. The van der Waals surface area contributed by atoms with Crippen LogP contribution in [0.4, 0.5) is 42.9 Å². The maximum Gasteiger partial charge on any atom is 0.123 e. The van der Waals surface area contributed by atoms with Crippen LogP contribution in [0.1, 0.15) is 11.1 Å². The molecular formula is C42H24F2N4. The predicted octanol–water partition coefficient (Wildman–Crippen LogP) is 11.5. The normalized spacial score (nSPS) is 11.1. The minimum Gasteiger partial charge on any atom is -0.310 e. The van der Waals surface area contributed by atoms with Crippen LogP contribution in [0.3, 0.4) is 0 Å². The van der Waals surface area contributed by atoms with Crippen LogP contribution in [0.2, 0.25) is 0 Å². The lowest BCUT2D eigenvalue weighted by molar-refractivity contribution is 0.627. The van der Waals surface area contributed by atoms with Gasteiger partial charge in [-0.1, -0.05) is 36.4 Å². The van der Waals surface area contributed by atoms with E-state index >= 15 is 0 Å². The quantitative estimate of drug-likeness (QED) is 0.173. The highest BCUT2D eigenvalue weighted by Gasteiger charge is 2.22. The summed E-state index contributed by atoms with van der Waals surface area (Å²) in [6, 6.07) is 48.7. The molecule has 8 rings (SSSR count). The van der Waals surface area contributed by atoms with Gasteiger partial charge < -0.3 is 9.80 Å². The number of rotatable bonds is 6. The molecule has 0 aromatic heterocycles. The molecule has 0 saturated carbocycles. The molecule has 0 bridgehead atoms. The van der Waals surface area contributed by atoms with Crippen molar-refractivity contribution in [2.24, 2.45) is 0 Å². The highest BCUT2D eigenvalue weighted by atomic mass is 19.1. The molecule has 0 radical (unpaired) electrons. The second-order valence-corrected chi connectivity index (χ2v) is 11.5. The molecule has 0 aliphatic rings. The van der Waals surface area contributed by atoms with E-state index in [9.17, 15) is 19.3 Å². The van der Waals surface area contributed by atoms with Crippen LogP contribution in [-0.2, 0) is 0 Å². The standard InChI is InChI=1S/C42H24F2N4/c43-31-9-17-35(18-10-31)47(33-13-1-27(25-45)2-14-33)39-23-7-29-6-22-38-40(24-8-30-5-21-37(39)41(29)42(30)38)48(36-19-11-32(44)12-20-36)34-15-3-28(26-46)4-16-34/h1-24H. The molecule has 0 N–H and O–H groups in total. The third-order valence-electron chi connectivity index (χ3n) is 8.78. The van der Waals surface area contributed by atoms with Crippen molar-refractivity contribution in [2.75, 3.05) is 9.80 Å². The van der Waals surface area contributed by atoms with E-state index in [2.05, 4.69) is 70.5 Å². The first kappa shape index (κ1) is 28.7. The molecule has 0 heterocycles. The van der Waals surface area contributed by atoms with Crippen molar-refractivity contribution >= 4 is 66.4 Å². The minimum atomic E-state index is -0.325. The number of nitrogens with zero attached hydrogens (tertiary/aromatic N) is 4. The van der Waals surface area contributed by atoms with E-state index in [-0.39, 0.29) is 11.6 Å². The van der Waals surface area contributed by atoms with E-state index in [0.717, 1.165) is 66.4 Å². The summed E-state index contributed by atoms with van der Waals surface area (Å²) in [5.41, 5.74) is 6.13. The molecule has 0 aliphatic heterocycles. The highest BCUT2D eigenvalue weighted by Crippen LogP contribution is 2.47. The van der Waals surface area contributed by atoms with Crippen LogP contribution < -0.4 is 9.80 Å². The Morgan fingerprint density at radius 3 is 1.02 bits per heavy atom. The molecule has 4 nitrogen and oxygen atoms in total. The van der Waals surface area contributed by atoms with Gasteiger partial charge in [0.1, 0.15) is 11.6 Å². The van der Waals surface area contributed by atoms with E-state index in [1.807, 2.05) is 24.3 Å². The lowest BCUT2D eigenvalue weighted by atomic mass is 9.91. The third kappa shape index (κ3) is 4.81. The summed E-state index contributed by atoms with van der Waals surface area (Å²) >= 11 is 0. The number of hydrogen-bond acceptors (Lipinski definition) is 4. The summed E-state index contributed by atoms with van der Waals surface area (Å²) < 4.78 is 28.2. The summed E-state index contributed by atoms with van der Waals surface area (Å²) in [5, 5.41) is 25.2. The van der Waals surface area contributed by atoms with Gasteiger partial charge in [0.05, 0.1) is 34.6 Å². The number of benzene rings is 8. The molecule has 8 aromatic carbocycles. The Labute approximate surface area is 275 Å². The lowest BCUT2D eigenvalue weighted by Gasteiger charge is -2.29. The number of anilines is 6. The fourth-order valence-corrected chi connectivity index (χ4v) is 6.57. The molecule has 0 amide bonds. The van der Waals surface area contributed by atoms with Crippen molar-refractivity contribution in [1.29, 1.82) is 10.5 Å². The topological polar surface area (TPSA) is 54.1 Å². The number of hydrogen-bond donors (Lipinski definition) is 0. The molecule has 8 aromatic rings. The first-order valence-electron chi connectivity index (χ1n) is 15.3. The highest BCUT2D eigenvalue weighted by molar-refractivity contribution is 6.28. The average molecular weight is 623 g/mol. The van der Waals surface area contributed by atoms with Gasteiger partial charge in [-0.25, -0.2) is 8.78 Å². The Bertz CT molecular complexity index is 2350. The second-order valence-electron chi connectivity index (χ2n) is 11.5. The molecule has 0 saturated heterocycles. The van der Waals surface area contributed by atoms with Gasteiger partial charge in [0.15, 0.2) is 0 Å². The minimum absolute atomic E-state index is 0.325. The zero-order valence-corrected chi connectivity index (χ0v) is 25.4. The summed E-state index contributed by atoms with van der Waals surface area (Å²) in [7, 11) is 0. The zero-order chi connectivity index (χ0) is 32.8. The fourth-order valence-electron chi connectivity index (χ4n) is 6.57. The molecule has 48 heavy (non-hydrogen) atoms. The van der Waals surface area contributed by atoms with E-state index in [1.165, 1.54) is 24.3 Å². The van der Waals surface area contributed by atoms with Crippen molar-refractivity contribution in [3.63, 3.8) is 0 Å². The van der Waals surface area contributed by atoms with Crippen LogP contribution >= 0.6 is 0 Å². The second kappa shape index (κ2) is 11.6. The molecule has 6 heteroatoms. The lowest BCUT2D eigenvalue weighted by Crippen LogP contribution is -2.11. The van der Waals surface area contributed by atoms with Crippen LogP contribution in [0, 0.1) is 34.3 Å². The smallest absolute Gasteiger partial charge is 0.123 e. The summed E-state index contributed by atoms with van der Waals surface area (Å²) in [5.74, 6) is -0.649. The Morgan fingerprint density at radius 2 is 0.688 bits per heavy atom. The zero-order valence-electron chi connectivity index (χ0n) is 25.4. The maximum atomic E-state index is 14.1.